The topological polar surface area (TPSA) is 105 Å². The molecule has 0 atom stereocenters. The summed E-state index contributed by atoms with van der Waals surface area (Å²) in [4.78, 5) is 21.4. The van der Waals surface area contributed by atoms with E-state index in [9.17, 15) is 4.79 Å². The van der Waals surface area contributed by atoms with E-state index in [0.29, 0.717) is 52.6 Å². The second-order valence-electron chi connectivity index (χ2n) is 6.10. The third-order valence-electron chi connectivity index (χ3n) is 3.98. The van der Waals surface area contributed by atoms with Gasteiger partial charge in [0.15, 0.2) is 0 Å². The lowest BCUT2D eigenvalue weighted by atomic mass is 10.2. The van der Waals surface area contributed by atoms with E-state index in [1.807, 2.05) is 12.1 Å². The summed E-state index contributed by atoms with van der Waals surface area (Å²) in [6.07, 6.45) is 3.42. The fraction of sp³-hybridized carbons (Fsp3) is 0.150. The van der Waals surface area contributed by atoms with Gasteiger partial charge in [0.1, 0.15) is 11.6 Å². The summed E-state index contributed by atoms with van der Waals surface area (Å²) in [6.45, 7) is 1.54. The standard InChI is InChI=1S/C20H20Cl2N6O/c21-16-3-1-14(11-17(16)22)27-20(29)15-2-4-18(25-10-7-23)28-19(15)26-12-13-5-8-24-9-6-13/h1-6,8-9,11H,7,10,12,23H2,(H,27,29)(H2,25,26,28). The molecular weight excluding hydrogens is 411 g/mol. The average molecular weight is 431 g/mol. The van der Waals surface area contributed by atoms with Crippen LogP contribution in [0.3, 0.4) is 0 Å². The minimum absolute atomic E-state index is 0.321. The second-order valence-corrected chi connectivity index (χ2v) is 6.91. The van der Waals surface area contributed by atoms with E-state index in [-0.39, 0.29) is 5.91 Å². The molecule has 3 aromatic rings. The van der Waals surface area contributed by atoms with Gasteiger partial charge in [-0.05, 0) is 48.0 Å². The number of halogens is 2. The Labute approximate surface area is 178 Å². The highest BCUT2D eigenvalue weighted by Gasteiger charge is 2.15. The number of rotatable bonds is 8. The van der Waals surface area contributed by atoms with E-state index in [0.717, 1.165) is 5.56 Å². The monoisotopic (exact) mass is 430 g/mol. The van der Waals surface area contributed by atoms with Gasteiger partial charge >= 0.3 is 0 Å². The van der Waals surface area contributed by atoms with Gasteiger partial charge in [0.05, 0.1) is 15.6 Å². The molecule has 0 saturated heterocycles. The van der Waals surface area contributed by atoms with E-state index in [1.165, 1.54) is 0 Å². The first kappa shape index (κ1) is 20.9. The van der Waals surface area contributed by atoms with Crippen molar-refractivity contribution >= 4 is 46.4 Å². The highest BCUT2D eigenvalue weighted by Crippen LogP contribution is 2.26. The van der Waals surface area contributed by atoms with Gasteiger partial charge < -0.3 is 21.7 Å². The maximum atomic E-state index is 12.9. The third kappa shape index (κ3) is 5.80. The van der Waals surface area contributed by atoms with Crippen molar-refractivity contribution in [1.82, 2.24) is 9.97 Å². The molecule has 0 aliphatic rings. The van der Waals surface area contributed by atoms with Crippen molar-refractivity contribution in [1.29, 1.82) is 0 Å². The number of nitrogens with two attached hydrogens (primary N) is 1. The van der Waals surface area contributed by atoms with E-state index in [1.54, 1.807) is 42.7 Å². The third-order valence-corrected chi connectivity index (χ3v) is 4.72. The molecule has 150 valence electrons. The van der Waals surface area contributed by atoms with Crippen LogP contribution in [0.25, 0.3) is 0 Å². The molecule has 2 heterocycles. The molecule has 0 spiro atoms. The molecule has 1 amide bonds. The maximum Gasteiger partial charge on any atom is 0.259 e. The quantitative estimate of drug-likeness (QED) is 0.430. The van der Waals surface area contributed by atoms with Crippen molar-refractivity contribution in [3.63, 3.8) is 0 Å². The smallest absolute Gasteiger partial charge is 0.259 e. The zero-order valence-corrected chi connectivity index (χ0v) is 17.0. The normalized spacial score (nSPS) is 10.4. The Hall–Kier alpha value is -2.87. The first-order valence-electron chi connectivity index (χ1n) is 8.91. The summed E-state index contributed by atoms with van der Waals surface area (Å²) < 4.78 is 0. The van der Waals surface area contributed by atoms with Crippen LogP contribution in [0.1, 0.15) is 15.9 Å². The van der Waals surface area contributed by atoms with E-state index >= 15 is 0 Å². The summed E-state index contributed by atoms with van der Waals surface area (Å²) in [5, 5.41) is 9.92. The fourth-order valence-corrected chi connectivity index (χ4v) is 2.83. The van der Waals surface area contributed by atoms with Crippen LogP contribution in [0.15, 0.2) is 54.9 Å². The number of anilines is 3. The summed E-state index contributed by atoms with van der Waals surface area (Å²) >= 11 is 12.0. The molecule has 0 aliphatic heterocycles. The van der Waals surface area contributed by atoms with Crippen LogP contribution in [-0.4, -0.2) is 29.0 Å². The lowest BCUT2D eigenvalue weighted by molar-refractivity contribution is 0.102. The van der Waals surface area contributed by atoms with Gasteiger partial charge in [0.2, 0.25) is 0 Å². The van der Waals surface area contributed by atoms with Crippen molar-refractivity contribution in [3.05, 3.63) is 76.0 Å². The van der Waals surface area contributed by atoms with Gasteiger partial charge in [-0.2, -0.15) is 0 Å². The van der Waals surface area contributed by atoms with Gasteiger partial charge in [-0.1, -0.05) is 23.2 Å². The SMILES string of the molecule is NCCNc1ccc(C(=O)Nc2ccc(Cl)c(Cl)c2)c(NCc2ccncc2)n1. The summed E-state index contributed by atoms with van der Waals surface area (Å²) in [5.74, 6) is 0.749. The molecule has 2 aromatic heterocycles. The summed E-state index contributed by atoms with van der Waals surface area (Å²) in [5.41, 5.74) is 7.48. The van der Waals surface area contributed by atoms with Crippen LogP contribution in [0.5, 0.6) is 0 Å². The van der Waals surface area contributed by atoms with Crippen molar-refractivity contribution in [3.8, 4) is 0 Å². The second kappa shape index (κ2) is 10.1. The van der Waals surface area contributed by atoms with Crippen molar-refractivity contribution in [2.24, 2.45) is 5.73 Å². The number of amides is 1. The molecule has 5 N–H and O–H groups in total. The highest BCUT2D eigenvalue weighted by atomic mass is 35.5. The Morgan fingerprint density at radius 1 is 1.00 bits per heavy atom. The molecule has 7 nitrogen and oxygen atoms in total. The number of hydrogen-bond acceptors (Lipinski definition) is 6. The summed E-state index contributed by atoms with van der Waals surface area (Å²) in [7, 11) is 0. The molecule has 0 radical (unpaired) electrons. The molecule has 0 aliphatic carbocycles. The molecule has 29 heavy (non-hydrogen) atoms. The average Bonchev–Trinajstić information content (AvgIpc) is 2.74. The van der Waals surface area contributed by atoms with Crippen LogP contribution < -0.4 is 21.7 Å². The number of aromatic nitrogens is 2. The van der Waals surface area contributed by atoms with Gasteiger partial charge in [0.25, 0.3) is 5.91 Å². The minimum atomic E-state index is -0.321. The Kier molecular flexibility index (Phi) is 7.24. The molecule has 0 unspecified atom stereocenters. The van der Waals surface area contributed by atoms with Gasteiger partial charge in [0, 0.05) is 37.7 Å². The van der Waals surface area contributed by atoms with Crippen LogP contribution in [0, 0.1) is 0 Å². The molecule has 9 heteroatoms. The molecule has 3 rings (SSSR count). The number of benzene rings is 1. The van der Waals surface area contributed by atoms with Gasteiger partial charge in [-0.3, -0.25) is 9.78 Å². The van der Waals surface area contributed by atoms with E-state index < -0.39 is 0 Å². The summed E-state index contributed by atoms with van der Waals surface area (Å²) in [6, 6.07) is 12.1. The number of nitrogens with one attached hydrogen (secondary N) is 3. The maximum absolute atomic E-state index is 12.9. The highest BCUT2D eigenvalue weighted by molar-refractivity contribution is 6.42. The van der Waals surface area contributed by atoms with E-state index in [2.05, 4.69) is 25.9 Å². The molecule has 0 saturated carbocycles. The van der Waals surface area contributed by atoms with Crippen LogP contribution in [-0.2, 0) is 6.54 Å². The predicted molar refractivity (Wildman–Crippen MR) is 118 cm³/mol. The number of nitrogens with zero attached hydrogens (tertiary/aromatic N) is 2. The Morgan fingerprint density at radius 2 is 1.79 bits per heavy atom. The van der Waals surface area contributed by atoms with E-state index in [4.69, 9.17) is 28.9 Å². The zero-order chi connectivity index (χ0) is 20.6. The Bertz CT molecular complexity index is 984. The number of carbonyl (C=O) groups excluding carboxylic acids is 1. The van der Waals surface area contributed by atoms with Gasteiger partial charge in [-0.25, -0.2) is 4.98 Å². The zero-order valence-electron chi connectivity index (χ0n) is 15.5. The van der Waals surface area contributed by atoms with Crippen LogP contribution >= 0.6 is 23.2 Å². The first-order chi connectivity index (χ1) is 14.1. The lowest BCUT2D eigenvalue weighted by Crippen LogP contribution is -2.18. The number of hydrogen-bond donors (Lipinski definition) is 4. The van der Waals surface area contributed by atoms with Gasteiger partial charge in [-0.15, -0.1) is 0 Å². The number of pyridine rings is 2. The molecule has 0 bridgehead atoms. The first-order valence-corrected chi connectivity index (χ1v) is 9.66. The van der Waals surface area contributed by atoms with Crippen molar-refractivity contribution in [2.75, 3.05) is 29.0 Å². The molecule has 0 fully saturated rings. The van der Waals surface area contributed by atoms with Crippen molar-refractivity contribution < 1.29 is 4.79 Å². The predicted octanol–water partition coefficient (Wildman–Crippen LogP) is 4.02. The van der Waals surface area contributed by atoms with Crippen LogP contribution in [0.2, 0.25) is 10.0 Å². The number of carbonyl (C=O) groups is 1. The van der Waals surface area contributed by atoms with Crippen LogP contribution in [0.4, 0.5) is 17.3 Å². The Morgan fingerprint density at radius 3 is 2.52 bits per heavy atom. The molecule has 1 aromatic carbocycles. The lowest BCUT2D eigenvalue weighted by Gasteiger charge is -2.14. The minimum Gasteiger partial charge on any atom is -0.369 e. The fourth-order valence-electron chi connectivity index (χ4n) is 2.53. The van der Waals surface area contributed by atoms with Crippen molar-refractivity contribution in [2.45, 2.75) is 6.54 Å². The molecular formula is C20H20Cl2N6O. The largest absolute Gasteiger partial charge is 0.369 e. The Balaban J connectivity index is 1.82.